The summed E-state index contributed by atoms with van der Waals surface area (Å²) < 4.78 is 10.00. The van der Waals surface area contributed by atoms with Gasteiger partial charge in [0.25, 0.3) is 0 Å². The zero-order valence-electron chi connectivity index (χ0n) is 13.2. The molecule has 0 aromatic heterocycles. The van der Waals surface area contributed by atoms with E-state index in [0.29, 0.717) is 12.0 Å². The highest BCUT2D eigenvalue weighted by molar-refractivity contribution is 5.90. The molecule has 0 radical (unpaired) electrons. The Bertz CT molecular complexity index is 401. The second kappa shape index (κ2) is 9.31. The lowest BCUT2D eigenvalue weighted by molar-refractivity contribution is -0.398. The number of carbonyl (C=O) groups excluding carboxylic acids is 2. The standard InChI is InChI=1S/C15H24O6/c1-7-8-9-18-14(17)15(6,20-13(16)12(4)5)21-19-10-11(2)3/h2,4,7-10H2,1,3,5-6H3. The summed E-state index contributed by atoms with van der Waals surface area (Å²) in [5.74, 6) is -3.60. The van der Waals surface area contributed by atoms with Crippen LogP contribution in [0.25, 0.3) is 0 Å². The largest absolute Gasteiger partial charge is 0.461 e. The molecule has 0 N–H and O–H groups in total. The number of carbonyl (C=O) groups is 2. The summed E-state index contributed by atoms with van der Waals surface area (Å²) in [4.78, 5) is 33.4. The van der Waals surface area contributed by atoms with Gasteiger partial charge in [0.15, 0.2) is 0 Å². The molecule has 120 valence electrons. The molecule has 1 unspecified atom stereocenters. The highest BCUT2D eigenvalue weighted by atomic mass is 17.2. The second-order valence-electron chi connectivity index (χ2n) is 4.91. The molecule has 0 rings (SSSR count). The first-order chi connectivity index (χ1) is 9.73. The fourth-order valence-electron chi connectivity index (χ4n) is 1.04. The van der Waals surface area contributed by atoms with E-state index in [1.807, 2.05) is 6.92 Å². The summed E-state index contributed by atoms with van der Waals surface area (Å²) in [5, 5.41) is 0. The molecular formula is C15H24O6. The van der Waals surface area contributed by atoms with Gasteiger partial charge in [0.05, 0.1) is 6.61 Å². The van der Waals surface area contributed by atoms with Crippen molar-refractivity contribution >= 4 is 11.9 Å². The average molecular weight is 300 g/mol. The number of hydrogen-bond acceptors (Lipinski definition) is 6. The van der Waals surface area contributed by atoms with Crippen LogP contribution in [0.5, 0.6) is 0 Å². The van der Waals surface area contributed by atoms with E-state index in [0.717, 1.165) is 6.42 Å². The molecule has 0 fully saturated rings. The summed E-state index contributed by atoms with van der Waals surface area (Å²) >= 11 is 0. The highest BCUT2D eigenvalue weighted by Gasteiger charge is 2.42. The SMILES string of the molecule is C=C(C)COOC(C)(OC(=O)C(=C)C)C(=O)OCCCC. The molecule has 0 saturated heterocycles. The van der Waals surface area contributed by atoms with Gasteiger partial charge in [-0.25, -0.2) is 14.5 Å². The predicted molar refractivity (Wildman–Crippen MR) is 77.0 cm³/mol. The van der Waals surface area contributed by atoms with Crippen molar-refractivity contribution in [1.82, 2.24) is 0 Å². The van der Waals surface area contributed by atoms with Crippen LogP contribution in [0.1, 0.15) is 40.5 Å². The third kappa shape index (κ3) is 7.63. The van der Waals surface area contributed by atoms with Crippen LogP contribution < -0.4 is 0 Å². The van der Waals surface area contributed by atoms with Crippen molar-refractivity contribution < 1.29 is 28.8 Å². The van der Waals surface area contributed by atoms with Gasteiger partial charge in [-0.2, -0.15) is 4.89 Å². The lowest BCUT2D eigenvalue weighted by Gasteiger charge is -2.25. The van der Waals surface area contributed by atoms with Crippen LogP contribution in [0.3, 0.4) is 0 Å². The van der Waals surface area contributed by atoms with Crippen LogP contribution >= 0.6 is 0 Å². The maximum absolute atomic E-state index is 12.0. The van der Waals surface area contributed by atoms with Crippen molar-refractivity contribution in [3.8, 4) is 0 Å². The van der Waals surface area contributed by atoms with Crippen LogP contribution in [-0.4, -0.2) is 30.9 Å². The van der Waals surface area contributed by atoms with Gasteiger partial charge in [0, 0.05) is 12.5 Å². The van der Waals surface area contributed by atoms with Crippen LogP contribution in [0.2, 0.25) is 0 Å². The lowest BCUT2D eigenvalue weighted by atomic mass is 10.3. The van der Waals surface area contributed by atoms with Crippen molar-refractivity contribution in [2.45, 2.75) is 46.3 Å². The van der Waals surface area contributed by atoms with Gasteiger partial charge in [-0.3, -0.25) is 0 Å². The quantitative estimate of drug-likeness (QED) is 0.117. The van der Waals surface area contributed by atoms with Gasteiger partial charge in [0.1, 0.15) is 6.61 Å². The van der Waals surface area contributed by atoms with Gasteiger partial charge in [0.2, 0.25) is 0 Å². The first-order valence-electron chi connectivity index (χ1n) is 6.74. The van der Waals surface area contributed by atoms with Crippen molar-refractivity contribution in [2.75, 3.05) is 13.2 Å². The number of unbranched alkanes of at least 4 members (excludes halogenated alkanes) is 1. The third-order valence-electron chi connectivity index (χ3n) is 2.26. The Hall–Kier alpha value is -1.66. The van der Waals surface area contributed by atoms with E-state index in [9.17, 15) is 9.59 Å². The fourth-order valence-corrected chi connectivity index (χ4v) is 1.04. The van der Waals surface area contributed by atoms with Crippen molar-refractivity contribution in [1.29, 1.82) is 0 Å². The van der Waals surface area contributed by atoms with Gasteiger partial charge >= 0.3 is 17.7 Å². The van der Waals surface area contributed by atoms with E-state index in [1.165, 1.54) is 13.8 Å². The number of hydrogen-bond donors (Lipinski definition) is 0. The third-order valence-corrected chi connectivity index (χ3v) is 2.26. The topological polar surface area (TPSA) is 71.1 Å². The zero-order chi connectivity index (χ0) is 16.5. The summed E-state index contributed by atoms with van der Waals surface area (Å²) in [7, 11) is 0. The summed E-state index contributed by atoms with van der Waals surface area (Å²) in [6.45, 7) is 13.7. The Kier molecular flexibility index (Phi) is 8.57. The molecule has 1 atom stereocenters. The monoisotopic (exact) mass is 300 g/mol. The van der Waals surface area contributed by atoms with Crippen LogP contribution in [-0.2, 0) is 28.8 Å². The Morgan fingerprint density at radius 3 is 2.29 bits per heavy atom. The maximum atomic E-state index is 12.0. The highest BCUT2D eigenvalue weighted by Crippen LogP contribution is 2.18. The van der Waals surface area contributed by atoms with Crippen LogP contribution in [0, 0.1) is 0 Å². The van der Waals surface area contributed by atoms with Crippen molar-refractivity contribution in [2.24, 2.45) is 0 Å². The number of ether oxygens (including phenoxy) is 2. The normalized spacial score (nSPS) is 13.1. The predicted octanol–water partition coefficient (Wildman–Crippen LogP) is 2.69. The molecule has 0 aromatic rings. The average Bonchev–Trinajstić information content (AvgIpc) is 2.38. The molecule has 0 amide bonds. The molecule has 21 heavy (non-hydrogen) atoms. The van der Waals surface area contributed by atoms with Crippen LogP contribution in [0.15, 0.2) is 24.3 Å². The molecule has 0 bridgehead atoms. The van der Waals surface area contributed by atoms with Gasteiger partial charge in [-0.05, 0) is 20.3 Å². The molecule has 0 aromatic carbocycles. The van der Waals surface area contributed by atoms with Gasteiger partial charge < -0.3 is 9.47 Å². The molecular weight excluding hydrogens is 276 g/mol. The Morgan fingerprint density at radius 2 is 1.81 bits per heavy atom. The number of rotatable bonds is 10. The summed E-state index contributed by atoms with van der Waals surface area (Å²) in [6, 6.07) is 0. The minimum Gasteiger partial charge on any atom is -0.461 e. The van der Waals surface area contributed by atoms with E-state index < -0.39 is 17.7 Å². The maximum Gasteiger partial charge on any atom is 0.382 e. The van der Waals surface area contributed by atoms with E-state index in [4.69, 9.17) is 19.2 Å². The molecule has 0 saturated carbocycles. The smallest absolute Gasteiger partial charge is 0.382 e. The Balaban J connectivity index is 4.79. The van der Waals surface area contributed by atoms with Gasteiger partial charge in [-0.15, -0.1) is 0 Å². The summed E-state index contributed by atoms with van der Waals surface area (Å²) in [6.07, 6.45) is 1.56. The van der Waals surface area contributed by atoms with E-state index >= 15 is 0 Å². The zero-order valence-corrected chi connectivity index (χ0v) is 13.2. The van der Waals surface area contributed by atoms with Crippen molar-refractivity contribution in [3.05, 3.63) is 24.3 Å². The first-order valence-corrected chi connectivity index (χ1v) is 6.74. The molecule has 0 heterocycles. The van der Waals surface area contributed by atoms with E-state index in [-0.39, 0.29) is 18.8 Å². The first kappa shape index (κ1) is 19.3. The van der Waals surface area contributed by atoms with E-state index in [2.05, 4.69) is 13.2 Å². The minimum absolute atomic E-state index is 0.0580. The lowest BCUT2D eigenvalue weighted by Crippen LogP contribution is -2.44. The fraction of sp³-hybridized carbons (Fsp3) is 0.600. The molecule has 0 spiro atoms. The molecule has 0 aliphatic rings. The second-order valence-corrected chi connectivity index (χ2v) is 4.91. The molecule has 0 aliphatic carbocycles. The molecule has 6 nitrogen and oxygen atoms in total. The molecule has 6 heteroatoms. The number of esters is 2. The minimum atomic E-state index is -1.99. The van der Waals surface area contributed by atoms with Gasteiger partial charge in [-0.1, -0.05) is 32.1 Å². The summed E-state index contributed by atoms with van der Waals surface area (Å²) in [5.41, 5.74) is 0.814. The van der Waals surface area contributed by atoms with Crippen LogP contribution in [0.4, 0.5) is 0 Å². The van der Waals surface area contributed by atoms with Crippen molar-refractivity contribution in [3.63, 3.8) is 0 Å². The Labute approximate surface area is 125 Å². The Morgan fingerprint density at radius 1 is 1.19 bits per heavy atom. The van der Waals surface area contributed by atoms with E-state index in [1.54, 1.807) is 6.92 Å². The molecule has 0 aliphatic heterocycles.